The van der Waals surface area contributed by atoms with E-state index < -0.39 is 0 Å². The summed E-state index contributed by atoms with van der Waals surface area (Å²) in [5.41, 5.74) is 7.81. The second kappa shape index (κ2) is 7.60. The fraction of sp³-hybridized carbons (Fsp3) is 0.208. The van der Waals surface area contributed by atoms with Crippen molar-refractivity contribution in [2.45, 2.75) is 25.4 Å². The van der Waals surface area contributed by atoms with Crippen molar-refractivity contribution in [1.29, 1.82) is 0 Å². The zero-order chi connectivity index (χ0) is 19.6. The summed E-state index contributed by atoms with van der Waals surface area (Å²) in [6.45, 7) is 0.879. The summed E-state index contributed by atoms with van der Waals surface area (Å²) in [4.78, 5) is 7.72. The fourth-order valence-electron chi connectivity index (χ4n) is 4.09. The lowest BCUT2D eigenvalue weighted by Crippen LogP contribution is -2.05. The van der Waals surface area contributed by atoms with Gasteiger partial charge in [0.2, 0.25) is 0 Å². The number of aliphatic hydroxyl groups excluding tert-OH is 1. The van der Waals surface area contributed by atoms with Gasteiger partial charge in [-0.05, 0) is 53.9 Å². The minimum Gasteiger partial charge on any atom is -0.392 e. The second-order valence-electron chi connectivity index (χ2n) is 7.58. The molecule has 1 atom stereocenters. The van der Waals surface area contributed by atoms with Crippen LogP contribution in [0.15, 0.2) is 67.0 Å². The molecule has 4 aromatic rings. The third-order valence-corrected chi connectivity index (χ3v) is 5.58. The first kappa shape index (κ1) is 17.8. The molecule has 2 heterocycles. The van der Waals surface area contributed by atoms with Gasteiger partial charge in [0.25, 0.3) is 0 Å². The number of benzene rings is 2. The molecule has 4 N–H and O–H groups in total. The van der Waals surface area contributed by atoms with Gasteiger partial charge in [-0.25, -0.2) is 0 Å². The molecule has 0 spiro atoms. The maximum Gasteiger partial charge on any atom is 0.0637 e. The predicted octanol–water partition coefficient (Wildman–Crippen LogP) is 4.42. The number of rotatable bonds is 6. The number of H-pyrrole nitrogens is 1. The quantitative estimate of drug-likeness (QED) is 0.397. The average molecular weight is 384 g/mol. The van der Waals surface area contributed by atoms with Crippen molar-refractivity contribution in [2.24, 2.45) is 0 Å². The van der Waals surface area contributed by atoms with E-state index in [1.165, 1.54) is 16.5 Å². The van der Waals surface area contributed by atoms with Gasteiger partial charge in [0.05, 0.1) is 6.10 Å². The molecule has 5 heteroatoms. The molecule has 0 fully saturated rings. The zero-order valence-corrected chi connectivity index (χ0v) is 16.2. The Labute approximate surface area is 169 Å². The van der Waals surface area contributed by atoms with Crippen LogP contribution in [0.5, 0.6) is 0 Å². The lowest BCUT2D eigenvalue weighted by Gasteiger charge is -2.12. The number of para-hydroxylation sites is 1. The smallest absolute Gasteiger partial charge is 0.0637 e. The molecule has 5 rings (SSSR count). The summed E-state index contributed by atoms with van der Waals surface area (Å²) in [6, 6.07) is 18.7. The molecule has 0 unspecified atom stereocenters. The van der Waals surface area contributed by atoms with Crippen LogP contribution in [0.25, 0.3) is 10.9 Å². The van der Waals surface area contributed by atoms with Crippen molar-refractivity contribution >= 4 is 28.0 Å². The molecule has 0 saturated carbocycles. The Morgan fingerprint density at radius 2 is 1.83 bits per heavy atom. The Hall–Kier alpha value is -3.31. The number of aromatic nitrogens is 2. The van der Waals surface area contributed by atoms with Crippen LogP contribution in [0.3, 0.4) is 0 Å². The average Bonchev–Trinajstić information content (AvgIpc) is 3.33. The van der Waals surface area contributed by atoms with Gasteiger partial charge in [0.15, 0.2) is 0 Å². The highest BCUT2D eigenvalue weighted by molar-refractivity contribution is 5.83. The van der Waals surface area contributed by atoms with Crippen LogP contribution >= 0.6 is 0 Å². The summed E-state index contributed by atoms with van der Waals surface area (Å²) < 4.78 is 0. The van der Waals surface area contributed by atoms with E-state index in [0.717, 1.165) is 41.3 Å². The number of fused-ring (bicyclic) bond motifs is 2. The molecule has 1 aliphatic carbocycles. The molecule has 0 aliphatic heterocycles. The van der Waals surface area contributed by atoms with Crippen molar-refractivity contribution < 1.29 is 5.11 Å². The molecule has 0 bridgehead atoms. The standard InChI is InChI=1S/C24H24N4O/c29-19-13-21-23(10-12-26-24(21)14-19)28-18-7-5-17(6-8-18)25-11-9-16-15-27-22-4-2-1-3-20(16)22/h1-8,10,12,15,19,25,27,29H,9,11,13-14H2,(H,26,28)/t19-/m1/s1. The van der Waals surface area contributed by atoms with E-state index in [-0.39, 0.29) is 6.10 Å². The van der Waals surface area contributed by atoms with Crippen LogP contribution in [-0.2, 0) is 19.3 Å². The molecule has 146 valence electrons. The van der Waals surface area contributed by atoms with Crippen molar-refractivity contribution in [3.05, 3.63) is 83.8 Å². The van der Waals surface area contributed by atoms with E-state index in [1.807, 2.05) is 6.07 Å². The molecule has 1 aliphatic rings. The topological polar surface area (TPSA) is 73.0 Å². The van der Waals surface area contributed by atoms with Gasteiger partial charge in [0, 0.05) is 65.4 Å². The van der Waals surface area contributed by atoms with Gasteiger partial charge in [-0.1, -0.05) is 18.2 Å². The second-order valence-corrected chi connectivity index (χ2v) is 7.58. The minimum absolute atomic E-state index is 0.316. The first-order chi connectivity index (χ1) is 14.3. The van der Waals surface area contributed by atoms with Crippen molar-refractivity contribution in [3.63, 3.8) is 0 Å². The van der Waals surface area contributed by atoms with Crippen molar-refractivity contribution in [3.8, 4) is 0 Å². The largest absolute Gasteiger partial charge is 0.392 e. The Morgan fingerprint density at radius 3 is 2.72 bits per heavy atom. The third-order valence-electron chi connectivity index (χ3n) is 5.58. The van der Waals surface area contributed by atoms with Crippen LogP contribution in [-0.4, -0.2) is 27.7 Å². The Balaban J connectivity index is 1.21. The normalized spacial score (nSPS) is 15.4. The van der Waals surface area contributed by atoms with Gasteiger partial charge in [-0.15, -0.1) is 0 Å². The fourth-order valence-corrected chi connectivity index (χ4v) is 4.09. The molecule has 5 nitrogen and oxygen atoms in total. The summed E-state index contributed by atoms with van der Waals surface area (Å²) in [5, 5.41) is 18.2. The minimum atomic E-state index is -0.316. The lowest BCUT2D eigenvalue weighted by atomic mass is 10.1. The lowest BCUT2D eigenvalue weighted by molar-refractivity contribution is 0.186. The highest BCUT2D eigenvalue weighted by atomic mass is 16.3. The predicted molar refractivity (Wildman–Crippen MR) is 118 cm³/mol. The number of aromatic amines is 1. The highest BCUT2D eigenvalue weighted by Gasteiger charge is 2.23. The van der Waals surface area contributed by atoms with Crippen LogP contribution in [0.1, 0.15) is 16.8 Å². The van der Waals surface area contributed by atoms with Crippen LogP contribution in [0.4, 0.5) is 17.1 Å². The van der Waals surface area contributed by atoms with E-state index >= 15 is 0 Å². The van der Waals surface area contributed by atoms with Crippen LogP contribution in [0.2, 0.25) is 0 Å². The summed E-state index contributed by atoms with van der Waals surface area (Å²) >= 11 is 0. The summed E-state index contributed by atoms with van der Waals surface area (Å²) in [7, 11) is 0. The van der Waals surface area contributed by atoms with Gasteiger partial charge < -0.3 is 20.7 Å². The van der Waals surface area contributed by atoms with Gasteiger partial charge in [-0.2, -0.15) is 0 Å². The maximum atomic E-state index is 9.91. The van der Waals surface area contributed by atoms with Crippen LogP contribution in [0, 0.1) is 0 Å². The molecule has 0 amide bonds. The van der Waals surface area contributed by atoms with Gasteiger partial charge >= 0.3 is 0 Å². The summed E-state index contributed by atoms with van der Waals surface area (Å²) in [5.74, 6) is 0. The Bertz CT molecular complexity index is 1130. The number of nitrogens with one attached hydrogen (secondary N) is 3. The Kier molecular flexibility index (Phi) is 4.66. The highest BCUT2D eigenvalue weighted by Crippen LogP contribution is 2.30. The Morgan fingerprint density at radius 1 is 1.00 bits per heavy atom. The first-order valence-corrected chi connectivity index (χ1v) is 10.1. The van der Waals surface area contributed by atoms with Gasteiger partial charge in [-0.3, -0.25) is 4.98 Å². The number of hydrogen-bond donors (Lipinski definition) is 4. The number of anilines is 3. The third kappa shape index (κ3) is 3.69. The molecule has 2 aromatic heterocycles. The van der Waals surface area contributed by atoms with E-state index in [2.05, 4.69) is 75.3 Å². The van der Waals surface area contributed by atoms with Crippen molar-refractivity contribution in [1.82, 2.24) is 9.97 Å². The number of hydrogen-bond acceptors (Lipinski definition) is 4. The van der Waals surface area contributed by atoms with Gasteiger partial charge in [0.1, 0.15) is 0 Å². The van der Waals surface area contributed by atoms with Crippen LogP contribution < -0.4 is 10.6 Å². The zero-order valence-electron chi connectivity index (χ0n) is 16.2. The molecule has 0 saturated heterocycles. The molecular weight excluding hydrogens is 360 g/mol. The SMILES string of the molecule is O[C@H]1Cc2nccc(Nc3ccc(NCCc4c[nH]c5ccccc45)cc3)c2C1. The van der Waals surface area contributed by atoms with E-state index in [9.17, 15) is 5.11 Å². The molecule has 0 radical (unpaired) electrons. The molecule has 29 heavy (non-hydrogen) atoms. The number of aliphatic hydroxyl groups is 1. The van der Waals surface area contributed by atoms with Crippen molar-refractivity contribution in [2.75, 3.05) is 17.2 Å². The van der Waals surface area contributed by atoms with E-state index in [4.69, 9.17) is 0 Å². The van der Waals surface area contributed by atoms with E-state index in [0.29, 0.717) is 12.8 Å². The summed E-state index contributed by atoms with van der Waals surface area (Å²) in [6.07, 6.45) is 5.87. The number of pyridine rings is 1. The molecule has 2 aromatic carbocycles. The number of nitrogens with zero attached hydrogens (tertiary/aromatic N) is 1. The monoisotopic (exact) mass is 384 g/mol. The maximum absolute atomic E-state index is 9.91. The first-order valence-electron chi connectivity index (χ1n) is 10.1. The van der Waals surface area contributed by atoms with E-state index in [1.54, 1.807) is 6.20 Å². The molecular formula is C24H24N4O.